The van der Waals surface area contributed by atoms with Gasteiger partial charge in [0.25, 0.3) is 11.6 Å². The standard InChI is InChI=1S/C24H28N4O9/c1-14(29)19(26-23(32)37-24(2,3)4)21(30)27-12-6-8-17(27)22(31)36-13-35-18-10-9-16(28(33)34)15-7-5-11-25-20(15)18/h5,7,9-11,14,17,29H,6,8,12-13H2,1-4H3/t14-,17+/m1/s1. The molecule has 198 valence electrons. The van der Waals surface area contributed by atoms with Gasteiger partial charge in [0.05, 0.1) is 16.4 Å². The van der Waals surface area contributed by atoms with Gasteiger partial charge in [0.15, 0.2) is 0 Å². The van der Waals surface area contributed by atoms with Crippen LogP contribution >= 0.6 is 0 Å². The number of nitrogens with zero attached hydrogens (tertiary/aromatic N) is 4. The monoisotopic (exact) mass is 516 g/mol. The number of esters is 1. The minimum atomic E-state index is -1.39. The normalized spacial score (nSPS) is 16.8. The van der Waals surface area contributed by atoms with Gasteiger partial charge in [-0.05, 0) is 58.7 Å². The summed E-state index contributed by atoms with van der Waals surface area (Å²) in [6.07, 6.45) is -0.184. The Hall–Kier alpha value is -4.13. The molecule has 13 nitrogen and oxygen atoms in total. The first-order chi connectivity index (χ1) is 17.4. The summed E-state index contributed by atoms with van der Waals surface area (Å²) in [4.78, 5) is 57.6. The van der Waals surface area contributed by atoms with Crippen molar-refractivity contribution in [1.82, 2.24) is 9.88 Å². The quantitative estimate of drug-likeness (QED) is 0.190. The number of amides is 2. The zero-order valence-electron chi connectivity index (χ0n) is 20.9. The van der Waals surface area contributed by atoms with E-state index in [2.05, 4.69) is 9.98 Å². The van der Waals surface area contributed by atoms with Crippen molar-refractivity contribution in [3.8, 4) is 5.75 Å². The third kappa shape index (κ3) is 6.76. The van der Waals surface area contributed by atoms with Crippen LogP contribution in [0.2, 0.25) is 0 Å². The number of carbonyl (C=O) groups is 3. The molecule has 1 aromatic carbocycles. The summed E-state index contributed by atoms with van der Waals surface area (Å²) in [5.41, 5.74) is -1.22. The summed E-state index contributed by atoms with van der Waals surface area (Å²) in [6, 6.07) is 4.72. The Bertz CT molecular complexity index is 1240. The number of benzene rings is 1. The number of ether oxygens (including phenoxy) is 3. The lowest BCUT2D eigenvalue weighted by Crippen LogP contribution is -2.47. The maximum Gasteiger partial charge on any atom is 0.434 e. The number of nitro benzene ring substituents is 1. The van der Waals surface area contributed by atoms with E-state index in [0.717, 1.165) is 0 Å². The predicted octanol–water partition coefficient (Wildman–Crippen LogP) is 2.77. The molecule has 2 atom stereocenters. The molecule has 2 aromatic rings. The predicted molar refractivity (Wildman–Crippen MR) is 130 cm³/mol. The summed E-state index contributed by atoms with van der Waals surface area (Å²) in [5.74, 6) is -1.37. The molecule has 0 unspecified atom stereocenters. The molecule has 13 heteroatoms. The summed E-state index contributed by atoms with van der Waals surface area (Å²) >= 11 is 0. The van der Waals surface area contributed by atoms with Gasteiger partial charge in [-0.3, -0.25) is 19.9 Å². The van der Waals surface area contributed by atoms with Crippen LogP contribution in [0.5, 0.6) is 5.75 Å². The lowest BCUT2D eigenvalue weighted by atomic mass is 10.1. The van der Waals surface area contributed by atoms with Crippen molar-refractivity contribution in [2.75, 3.05) is 13.3 Å². The van der Waals surface area contributed by atoms with Crippen molar-refractivity contribution < 1.29 is 38.6 Å². The van der Waals surface area contributed by atoms with Gasteiger partial charge in [-0.15, -0.1) is 0 Å². The van der Waals surface area contributed by atoms with Crippen molar-refractivity contribution in [1.29, 1.82) is 0 Å². The maximum atomic E-state index is 13.1. The molecule has 1 aliphatic heterocycles. The molecule has 1 saturated heterocycles. The van der Waals surface area contributed by atoms with E-state index in [-0.39, 0.29) is 28.9 Å². The molecule has 0 bridgehead atoms. The molecule has 1 N–H and O–H groups in total. The molecule has 0 aliphatic carbocycles. The molecule has 1 aromatic heterocycles. The number of non-ortho nitro benzene ring substituents is 1. The molecule has 1 fully saturated rings. The van der Waals surface area contributed by atoms with Gasteiger partial charge in [-0.1, -0.05) is 0 Å². The zero-order chi connectivity index (χ0) is 27.3. The molecule has 2 amide bonds. The number of carbonyl (C=O) groups excluding carboxylic acids is 3. The van der Waals surface area contributed by atoms with E-state index in [0.29, 0.717) is 12.8 Å². The molecule has 3 rings (SSSR count). The van der Waals surface area contributed by atoms with E-state index in [9.17, 15) is 29.6 Å². The van der Waals surface area contributed by atoms with Crippen LogP contribution in [0.4, 0.5) is 10.5 Å². The molecule has 0 saturated carbocycles. The van der Waals surface area contributed by atoms with Crippen LogP contribution in [0.3, 0.4) is 0 Å². The highest BCUT2D eigenvalue weighted by Gasteiger charge is 2.38. The maximum absolute atomic E-state index is 13.1. The highest BCUT2D eigenvalue weighted by atomic mass is 16.7. The molecular weight excluding hydrogens is 488 g/mol. The van der Waals surface area contributed by atoms with Gasteiger partial charge in [0, 0.05) is 18.8 Å². The van der Waals surface area contributed by atoms with Crippen molar-refractivity contribution in [2.45, 2.75) is 58.3 Å². The Kier molecular flexibility index (Phi) is 8.38. The fourth-order valence-corrected chi connectivity index (χ4v) is 3.76. The number of aromatic nitrogens is 1. The number of likely N-dealkylation sites (tertiary alicyclic amines) is 1. The molecule has 1 aliphatic rings. The lowest BCUT2D eigenvalue weighted by Gasteiger charge is -2.25. The molecule has 37 heavy (non-hydrogen) atoms. The second-order valence-electron chi connectivity index (χ2n) is 9.27. The molecule has 0 spiro atoms. The Balaban J connectivity index is 1.69. The number of hydrogen-bond acceptors (Lipinski definition) is 10. The average Bonchev–Trinajstić information content (AvgIpc) is 3.31. The van der Waals surface area contributed by atoms with Crippen LogP contribution in [-0.4, -0.2) is 74.7 Å². The first-order valence-electron chi connectivity index (χ1n) is 11.5. The number of rotatable bonds is 7. The smallest absolute Gasteiger partial charge is 0.434 e. The second-order valence-corrected chi connectivity index (χ2v) is 9.27. The van der Waals surface area contributed by atoms with Crippen LogP contribution in [0.25, 0.3) is 10.9 Å². The average molecular weight is 517 g/mol. The van der Waals surface area contributed by atoms with Crippen molar-refractivity contribution >= 4 is 40.3 Å². The minimum absolute atomic E-state index is 0.144. The Morgan fingerprint density at radius 3 is 2.68 bits per heavy atom. The van der Waals surface area contributed by atoms with Gasteiger partial charge in [-0.25, -0.2) is 9.59 Å². The van der Waals surface area contributed by atoms with Gasteiger partial charge in [0.2, 0.25) is 6.79 Å². The summed E-state index contributed by atoms with van der Waals surface area (Å²) in [6.45, 7) is 5.84. The topological polar surface area (TPSA) is 171 Å². The molecule has 2 heterocycles. The molecule has 0 radical (unpaired) electrons. The Morgan fingerprint density at radius 2 is 2.03 bits per heavy atom. The largest absolute Gasteiger partial charge is 0.455 e. The fourth-order valence-electron chi connectivity index (χ4n) is 3.76. The number of nitro groups is 1. The van der Waals surface area contributed by atoms with E-state index < -0.39 is 53.1 Å². The van der Waals surface area contributed by atoms with E-state index in [1.165, 1.54) is 36.2 Å². The number of aliphatic imine (C=N–C) groups is 1. The Labute approximate surface area is 212 Å². The lowest BCUT2D eigenvalue weighted by molar-refractivity contribution is -0.383. The van der Waals surface area contributed by atoms with Gasteiger partial charge < -0.3 is 24.2 Å². The number of pyridine rings is 1. The van der Waals surface area contributed by atoms with Crippen molar-refractivity contribution in [3.05, 3.63) is 40.6 Å². The van der Waals surface area contributed by atoms with E-state index in [1.54, 1.807) is 26.8 Å². The highest BCUT2D eigenvalue weighted by molar-refractivity contribution is 6.42. The number of aliphatic hydroxyl groups is 1. The number of aliphatic hydroxyl groups excluding tert-OH is 1. The highest BCUT2D eigenvalue weighted by Crippen LogP contribution is 2.31. The minimum Gasteiger partial charge on any atom is -0.455 e. The first kappa shape index (κ1) is 27.5. The van der Waals surface area contributed by atoms with Crippen LogP contribution in [-0.2, 0) is 19.1 Å². The summed E-state index contributed by atoms with van der Waals surface area (Å²) in [5, 5.41) is 21.6. The fraction of sp³-hybridized carbons (Fsp3) is 0.458. The van der Waals surface area contributed by atoms with E-state index in [4.69, 9.17) is 14.2 Å². The van der Waals surface area contributed by atoms with Gasteiger partial charge in [0.1, 0.15) is 28.6 Å². The number of fused-ring (bicyclic) bond motifs is 1. The first-order valence-corrected chi connectivity index (χ1v) is 11.5. The van der Waals surface area contributed by atoms with Crippen molar-refractivity contribution in [2.24, 2.45) is 4.99 Å². The summed E-state index contributed by atoms with van der Waals surface area (Å²) in [7, 11) is 0. The molecular formula is C24H28N4O9. The van der Waals surface area contributed by atoms with Crippen LogP contribution in [0.1, 0.15) is 40.5 Å². The van der Waals surface area contributed by atoms with E-state index >= 15 is 0 Å². The number of hydrogen-bond donors (Lipinski definition) is 1. The zero-order valence-corrected chi connectivity index (χ0v) is 20.9. The SMILES string of the molecule is C[C@@H](O)C(=NC(=O)OC(C)(C)C)C(=O)N1CCC[C@H]1C(=O)OCOc1ccc([N+](=O)[O-])c2cccnc12. The van der Waals surface area contributed by atoms with Crippen LogP contribution < -0.4 is 4.74 Å². The third-order valence-corrected chi connectivity index (χ3v) is 5.33. The second kappa shape index (κ2) is 11.3. The van der Waals surface area contributed by atoms with E-state index in [1.807, 2.05) is 0 Å². The third-order valence-electron chi connectivity index (χ3n) is 5.33. The van der Waals surface area contributed by atoms with Crippen LogP contribution in [0.15, 0.2) is 35.5 Å². The van der Waals surface area contributed by atoms with Gasteiger partial charge in [-0.2, -0.15) is 4.99 Å². The Morgan fingerprint density at radius 1 is 1.30 bits per heavy atom. The van der Waals surface area contributed by atoms with Crippen LogP contribution in [0, 0.1) is 10.1 Å². The van der Waals surface area contributed by atoms with Gasteiger partial charge >= 0.3 is 12.1 Å². The summed E-state index contributed by atoms with van der Waals surface area (Å²) < 4.78 is 15.8. The van der Waals surface area contributed by atoms with Crippen molar-refractivity contribution in [3.63, 3.8) is 0 Å².